The molecule has 0 bridgehead atoms. The minimum atomic E-state index is -0.582. The number of anilines is 2. The lowest BCUT2D eigenvalue weighted by Crippen LogP contribution is -2.39. The number of amides is 1. The molecule has 0 aliphatic rings. The fourth-order valence-corrected chi connectivity index (χ4v) is 1.61. The first kappa shape index (κ1) is 15.6. The third-order valence-corrected chi connectivity index (χ3v) is 2.83. The monoisotopic (exact) mass is 287 g/mol. The van der Waals surface area contributed by atoms with E-state index in [1.54, 1.807) is 6.92 Å². The molecule has 19 heavy (non-hydrogen) atoms. The lowest BCUT2D eigenvalue weighted by Gasteiger charge is -2.17. The van der Waals surface area contributed by atoms with E-state index in [4.69, 9.17) is 17.3 Å². The van der Waals surface area contributed by atoms with Crippen molar-refractivity contribution >= 4 is 28.9 Å². The topological polar surface area (TPSA) is 67.2 Å². The average Bonchev–Trinajstić information content (AvgIpc) is 2.32. The molecule has 1 aromatic carbocycles. The highest BCUT2D eigenvalue weighted by Crippen LogP contribution is 2.26. The number of carbonyl (C=O) groups is 1. The van der Waals surface area contributed by atoms with Crippen molar-refractivity contribution in [3.05, 3.63) is 23.0 Å². The van der Waals surface area contributed by atoms with Crippen LogP contribution in [-0.2, 0) is 4.79 Å². The zero-order valence-corrected chi connectivity index (χ0v) is 12.0. The van der Waals surface area contributed by atoms with Crippen LogP contribution in [0.2, 0.25) is 5.02 Å². The van der Waals surface area contributed by atoms with Crippen molar-refractivity contribution in [1.29, 1.82) is 0 Å². The largest absolute Gasteiger partial charge is 0.397 e. The number of rotatable bonds is 5. The van der Waals surface area contributed by atoms with Gasteiger partial charge in [-0.25, -0.2) is 4.39 Å². The van der Waals surface area contributed by atoms with E-state index in [0.29, 0.717) is 18.2 Å². The molecule has 1 atom stereocenters. The van der Waals surface area contributed by atoms with Crippen molar-refractivity contribution in [3.63, 3.8) is 0 Å². The van der Waals surface area contributed by atoms with Crippen LogP contribution in [0.5, 0.6) is 0 Å². The van der Waals surface area contributed by atoms with Crippen LogP contribution in [0.4, 0.5) is 15.8 Å². The van der Waals surface area contributed by atoms with E-state index < -0.39 is 11.9 Å². The summed E-state index contributed by atoms with van der Waals surface area (Å²) in [6.07, 6.45) is 0. The third kappa shape index (κ3) is 4.59. The van der Waals surface area contributed by atoms with E-state index in [-0.39, 0.29) is 16.6 Å². The predicted octanol–water partition coefficient (Wildman–Crippen LogP) is 2.63. The van der Waals surface area contributed by atoms with Gasteiger partial charge in [-0.1, -0.05) is 25.4 Å². The SMILES string of the molecule is CC(C)CNC(=O)C(C)Nc1cc(Cl)c(F)cc1N. The van der Waals surface area contributed by atoms with Gasteiger partial charge < -0.3 is 16.4 Å². The number of nitrogens with one attached hydrogen (secondary N) is 2. The molecule has 0 fully saturated rings. The minimum Gasteiger partial charge on any atom is -0.397 e. The second-order valence-corrected chi connectivity index (χ2v) is 5.27. The normalized spacial score (nSPS) is 12.3. The fraction of sp³-hybridized carbons (Fsp3) is 0.462. The summed E-state index contributed by atoms with van der Waals surface area (Å²) in [5.41, 5.74) is 6.32. The smallest absolute Gasteiger partial charge is 0.242 e. The van der Waals surface area contributed by atoms with Crippen molar-refractivity contribution in [3.8, 4) is 0 Å². The maximum absolute atomic E-state index is 13.1. The van der Waals surface area contributed by atoms with Gasteiger partial charge in [0, 0.05) is 12.6 Å². The number of benzene rings is 1. The molecular weight excluding hydrogens is 269 g/mol. The molecule has 4 nitrogen and oxygen atoms in total. The van der Waals surface area contributed by atoms with Gasteiger partial charge in [0.05, 0.1) is 16.4 Å². The molecule has 1 rings (SSSR count). The second kappa shape index (κ2) is 6.61. The number of hydrogen-bond donors (Lipinski definition) is 3. The van der Waals surface area contributed by atoms with E-state index in [2.05, 4.69) is 10.6 Å². The molecule has 1 unspecified atom stereocenters. The Morgan fingerprint density at radius 2 is 2.05 bits per heavy atom. The van der Waals surface area contributed by atoms with E-state index >= 15 is 0 Å². The van der Waals surface area contributed by atoms with E-state index in [9.17, 15) is 9.18 Å². The molecule has 1 aromatic rings. The number of nitrogen functional groups attached to an aromatic ring is 1. The molecule has 6 heteroatoms. The maximum Gasteiger partial charge on any atom is 0.242 e. The molecule has 0 radical (unpaired) electrons. The molecular formula is C13H19ClFN3O. The summed E-state index contributed by atoms with van der Waals surface area (Å²) in [5.74, 6) is -0.350. The lowest BCUT2D eigenvalue weighted by molar-refractivity contribution is -0.121. The van der Waals surface area contributed by atoms with Gasteiger partial charge in [0.1, 0.15) is 11.9 Å². The predicted molar refractivity (Wildman–Crippen MR) is 76.8 cm³/mol. The highest BCUT2D eigenvalue weighted by atomic mass is 35.5. The zero-order chi connectivity index (χ0) is 14.6. The van der Waals surface area contributed by atoms with Crippen LogP contribution in [-0.4, -0.2) is 18.5 Å². The van der Waals surface area contributed by atoms with E-state index in [1.807, 2.05) is 13.8 Å². The summed E-state index contributed by atoms with van der Waals surface area (Å²) >= 11 is 5.68. The van der Waals surface area contributed by atoms with Crippen LogP contribution in [0, 0.1) is 11.7 Å². The first-order valence-corrected chi connectivity index (χ1v) is 6.47. The lowest BCUT2D eigenvalue weighted by atomic mass is 10.2. The number of carbonyl (C=O) groups excluding carboxylic acids is 1. The molecule has 4 N–H and O–H groups in total. The summed E-state index contributed by atoms with van der Waals surface area (Å²) in [5, 5.41) is 5.68. The van der Waals surface area contributed by atoms with Crippen molar-refractivity contribution < 1.29 is 9.18 Å². The standard InChI is InChI=1S/C13H19ClFN3O/c1-7(2)6-17-13(19)8(3)18-12-4-9(14)10(15)5-11(12)16/h4-5,7-8,18H,6,16H2,1-3H3,(H,17,19). The Bertz CT molecular complexity index is 465. The Kier molecular flexibility index (Phi) is 5.42. The Labute approximate surface area is 117 Å². The molecule has 0 aliphatic heterocycles. The number of halogens is 2. The first-order valence-electron chi connectivity index (χ1n) is 6.10. The highest BCUT2D eigenvalue weighted by Gasteiger charge is 2.15. The molecule has 106 valence electrons. The molecule has 0 heterocycles. The summed E-state index contributed by atoms with van der Waals surface area (Å²) in [6, 6.07) is 2.02. The van der Waals surface area contributed by atoms with Crippen molar-refractivity contribution in [2.24, 2.45) is 5.92 Å². The van der Waals surface area contributed by atoms with Crippen LogP contribution in [0.1, 0.15) is 20.8 Å². The quantitative estimate of drug-likeness (QED) is 0.729. The Morgan fingerprint density at radius 3 is 2.63 bits per heavy atom. The maximum atomic E-state index is 13.1. The van der Waals surface area contributed by atoms with Gasteiger partial charge >= 0.3 is 0 Å². The van der Waals surface area contributed by atoms with Gasteiger partial charge in [0.15, 0.2) is 0 Å². The first-order chi connectivity index (χ1) is 8.81. The van der Waals surface area contributed by atoms with Crippen LogP contribution < -0.4 is 16.4 Å². The van der Waals surface area contributed by atoms with Crippen molar-refractivity contribution in [1.82, 2.24) is 5.32 Å². The molecule has 0 saturated heterocycles. The third-order valence-electron chi connectivity index (χ3n) is 2.54. The number of nitrogens with two attached hydrogens (primary N) is 1. The summed E-state index contributed by atoms with van der Waals surface area (Å²) < 4.78 is 13.1. The van der Waals surface area contributed by atoms with Gasteiger partial charge in [-0.3, -0.25) is 4.79 Å². The molecule has 0 spiro atoms. The second-order valence-electron chi connectivity index (χ2n) is 4.86. The summed E-state index contributed by atoms with van der Waals surface area (Å²) in [6.45, 7) is 6.32. The van der Waals surface area contributed by atoms with Crippen LogP contribution in [0.15, 0.2) is 12.1 Å². The fourth-order valence-electron chi connectivity index (χ4n) is 1.44. The Hall–Kier alpha value is -1.49. The van der Waals surface area contributed by atoms with Crippen LogP contribution in [0.25, 0.3) is 0 Å². The minimum absolute atomic E-state index is 0.0357. The van der Waals surface area contributed by atoms with Crippen molar-refractivity contribution in [2.75, 3.05) is 17.6 Å². The van der Waals surface area contributed by atoms with Crippen molar-refractivity contribution in [2.45, 2.75) is 26.8 Å². The average molecular weight is 288 g/mol. The highest BCUT2D eigenvalue weighted by molar-refractivity contribution is 6.31. The molecule has 1 amide bonds. The summed E-state index contributed by atoms with van der Waals surface area (Å²) in [4.78, 5) is 11.8. The van der Waals surface area contributed by atoms with Crippen LogP contribution >= 0.6 is 11.6 Å². The Balaban J connectivity index is 2.69. The Morgan fingerprint density at radius 1 is 1.42 bits per heavy atom. The molecule has 0 aromatic heterocycles. The zero-order valence-electron chi connectivity index (χ0n) is 11.3. The van der Waals surface area contributed by atoms with Gasteiger partial charge in [-0.2, -0.15) is 0 Å². The van der Waals surface area contributed by atoms with Gasteiger partial charge in [-0.05, 0) is 18.9 Å². The molecule has 0 aliphatic carbocycles. The van der Waals surface area contributed by atoms with Gasteiger partial charge in [0.2, 0.25) is 5.91 Å². The van der Waals surface area contributed by atoms with E-state index in [1.165, 1.54) is 6.07 Å². The van der Waals surface area contributed by atoms with Gasteiger partial charge in [0.25, 0.3) is 0 Å². The van der Waals surface area contributed by atoms with Gasteiger partial charge in [-0.15, -0.1) is 0 Å². The molecule has 0 saturated carbocycles. The number of hydrogen-bond acceptors (Lipinski definition) is 3. The van der Waals surface area contributed by atoms with Crippen LogP contribution in [0.3, 0.4) is 0 Å². The summed E-state index contributed by atoms with van der Waals surface area (Å²) in [7, 11) is 0. The van der Waals surface area contributed by atoms with E-state index in [0.717, 1.165) is 6.07 Å².